The van der Waals surface area contributed by atoms with E-state index in [1.54, 1.807) is 12.4 Å². The van der Waals surface area contributed by atoms with Crippen LogP contribution in [0.3, 0.4) is 0 Å². The fourth-order valence-electron chi connectivity index (χ4n) is 5.74. The molecule has 0 radical (unpaired) electrons. The highest BCUT2D eigenvalue weighted by molar-refractivity contribution is 5.80. The number of aromatic nitrogens is 2. The van der Waals surface area contributed by atoms with E-state index in [0.29, 0.717) is 50.5 Å². The van der Waals surface area contributed by atoms with Crippen LogP contribution in [0.2, 0.25) is 0 Å². The number of rotatable bonds is 10. The van der Waals surface area contributed by atoms with Gasteiger partial charge in [-0.1, -0.05) is 37.1 Å². The molecule has 0 unspecified atom stereocenters. The number of carbonyl (C=O) groups is 1. The Hall–Kier alpha value is -3.56. The molecule has 0 spiro atoms. The number of nitrogens with one attached hydrogen (secondary N) is 2. The van der Waals surface area contributed by atoms with Crippen molar-refractivity contribution in [2.45, 2.75) is 56.7 Å². The number of anilines is 1. The number of nitrogens with zero attached hydrogens (tertiary/aromatic N) is 2. The van der Waals surface area contributed by atoms with Gasteiger partial charge in [0.25, 0.3) is 0 Å². The van der Waals surface area contributed by atoms with E-state index >= 15 is 0 Å². The molecule has 1 aromatic carbocycles. The summed E-state index contributed by atoms with van der Waals surface area (Å²) in [5, 5.41) is 14.7. The number of fused-ring (bicyclic) bond motifs is 2. The average molecular weight is 520 g/mol. The third-order valence-electron chi connectivity index (χ3n) is 7.45. The summed E-state index contributed by atoms with van der Waals surface area (Å²) < 4.78 is 11.7. The monoisotopic (exact) mass is 519 g/mol. The van der Waals surface area contributed by atoms with Crippen molar-refractivity contribution in [2.75, 3.05) is 31.7 Å². The Morgan fingerprint density at radius 3 is 2.79 bits per heavy atom. The van der Waals surface area contributed by atoms with E-state index in [-0.39, 0.29) is 23.9 Å². The summed E-state index contributed by atoms with van der Waals surface area (Å²) in [6.07, 6.45) is 8.45. The molecular formula is C29H37N5O4. The minimum absolute atomic E-state index is 0.0160. The molecule has 3 aromatic rings. The van der Waals surface area contributed by atoms with Gasteiger partial charge in [0.1, 0.15) is 12.4 Å². The van der Waals surface area contributed by atoms with Gasteiger partial charge in [-0.3, -0.25) is 9.78 Å². The predicted octanol–water partition coefficient (Wildman–Crippen LogP) is 3.76. The highest BCUT2D eigenvalue weighted by Crippen LogP contribution is 2.47. The average Bonchev–Trinajstić information content (AvgIpc) is 3.23. The van der Waals surface area contributed by atoms with E-state index in [1.165, 1.54) is 0 Å². The minimum Gasteiger partial charge on any atom is -0.494 e. The number of hydrogen-bond acceptors (Lipinski definition) is 7. The smallest absolute Gasteiger partial charge is 0.224 e. The maximum absolute atomic E-state index is 14.2. The Balaban J connectivity index is 1.52. The molecule has 2 aromatic heterocycles. The molecule has 1 amide bonds. The molecule has 9 nitrogen and oxygen atoms in total. The maximum atomic E-state index is 14.2. The standard InChI is InChI=1S/C29H37N5O4/c30-14-16-37-17-18-38-25-11-4-1-8-21(25)28-27-23(19-32-29(27)36)33-22-9-2-3-10-24(22)34(28)26(35)13-12-20-7-5-6-15-31-20/h1,4-8,11,15,19,22,24,28,32-33,36H,2-3,9-10,12-14,16-18,30H2/t22-,24-,28-/m1/s1. The zero-order chi connectivity index (χ0) is 26.3. The number of nitrogens with two attached hydrogens (primary N) is 1. The van der Waals surface area contributed by atoms with Crippen LogP contribution in [-0.4, -0.2) is 64.3 Å². The molecule has 1 aliphatic carbocycles. The van der Waals surface area contributed by atoms with Crippen molar-refractivity contribution in [3.63, 3.8) is 0 Å². The summed E-state index contributed by atoms with van der Waals surface area (Å²) >= 11 is 0. The number of ether oxygens (including phenoxy) is 2. The highest BCUT2D eigenvalue weighted by Gasteiger charge is 2.44. The molecule has 9 heteroatoms. The summed E-state index contributed by atoms with van der Waals surface area (Å²) in [5.41, 5.74) is 8.74. The number of amides is 1. The number of aromatic amines is 1. The van der Waals surface area contributed by atoms with Gasteiger partial charge < -0.3 is 35.5 Å². The van der Waals surface area contributed by atoms with E-state index < -0.39 is 6.04 Å². The summed E-state index contributed by atoms with van der Waals surface area (Å²) in [6, 6.07) is 13.1. The van der Waals surface area contributed by atoms with Gasteiger partial charge in [-0.2, -0.15) is 0 Å². The molecule has 1 fully saturated rings. The van der Waals surface area contributed by atoms with Crippen LogP contribution in [0.1, 0.15) is 55.0 Å². The lowest BCUT2D eigenvalue weighted by atomic mass is 9.87. The molecule has 2 aliphatic rings. The summed E-state index contributed by atoms with van der Waals surface area (Å²) in [4.78, 5) is 23.6. The van der Waals surface area contributed by atoms with Crippen LogP contribution in [0.15, 0.2) is 54.9 Å². The first-order chi connectivity index (χ1) is 18.7. The zero-order valence-electron chi connectivity index (χ0n) is 21.6. The number of benzene rings is 1. The van der Waals surface area contributed by atoms with Crippen LogP contribution in [0.5, 0.6) is 11.6 Å². The molecule has 1 saturated carbocycles. The van der Waals surface area contributed by atoms with Crippen LogP contribution in [0.25, 0.3) is 0 Å². The predicted molar refractivity (Wildman–Crippen MR) is 145 cm³/mol. The van der Waals surface area contributed by atoms with Crippen molar-refractivity contribution >= 4 is 11.6 Å². The van der Waals surface area contributed by atoms with Gasteiger partial charge in [0.2, 0.25) is 5.91 Å². The highest BCUT2D eigenvalue weighted by atomic mass is 16.5. The first kappa shape index (κ1) is 26.1. The Bertz CT molecular complexity index is 1200. The zero-order valence-corrected chi connectivity index (χ0v) is 21.6. The number of H-pyrrole nitrogens is 1. The minimum atomic E-state index is -0.519. The molecule has 1 aliphatic heterocycles. The number of hydrogen-bond donors (Lipinski definition) is 4. The summed E-state index contributed by atoms with van der Waals surface area (Å²) in [7, 11) is 0. The van der Waals surface area contributed by atoms with Crippen molar-refractivity contribution < 1.29 is 19.4 Å². The Morgan fingerprint density at radius 1 is 1.11 bits per heavy atom. The number of aryl methyl sites for hydroxylation is 1. The topological polar surface area (TPSA) is 126 Å². The first-order valence-corrected chi connectivity index (χ1v) is 13.5. The molecule has 202 valence electrons. The van der Waals surface area contributed by atoms with Gasteiger partial charge in [-0.25, -0.2) is 0 Å². The van der Waals surface area contributed by atoms with Crippen LogP contribution in [-0.2, 0) is 16.0 Å². The van der Waals surface area contributed by atoms with E-state index in [9.17, 15) is 9.90 Å². The molecule has 38 heavy (non-hydrogen) atoms. The molecule has 5 N–H and O–H groups in total. The fourth-order valence-corrected chi connectivity index (χ4v) is 5.74. The lowest BCUT2D eigenvalue weighted by molar-refractivity contribution is -0.136. The van der Waals surface area contributed by atoms with Gasteiger partial charge in [0, 0.05) is 42.7 Å². The molecule has 0 saturated heterocycles. The fraction of sp³-hybridized carbons (Fsp3) is 0.448. The third kappa shape index (κ3) is 5.63. The van der Waals surface area contributed by atoms with Gasteiger partial charge in [-0.05, 0) is 37.5 Å². The van der Waals surface area contributed by atoms with Crippen molar-refractivity contribution in [3.8, 4) is 11.6 Å². The SMILES string of the molecule is NCCOCCOc1ccccc1[C@@H]1c2c(c[nH]c2O)N[C@@H]2CCCC[C@H]2N1C(=O)CCc1ccccn1. The van der Waals surface area contributed by atoms with Crippen LogP contribution in [0.4, 0.5) is 5.69 Å². The van der Waals surface area contributed by atoms with Crippen LogP contribution in [0, 0.1) is 0 Å². The second-order valence-electron chi connectivity index (χ2n) is 9.88. The second kappa shape index (κ2) is 12.3. The number of para-hydroxylation sites is 1. The third-order valence-corrected chi connectivity index (χ3v) is 7.45. The van der Waals surface area contributed by atoms with Gasteiger partial charge in [0.15, 0.2) is 5.88 Å². The number of pyridine rings is 1. The Kier molecular flexibility index (Phi) is 8.45. The molecule has 5 rings (SSSR count). The normalized spacial score (nSPS) is 20.7. The van der Waals surface area contributed by atoms with Crippen LogP contribution < -0.4 is 15.8 Å². The molecular weight excluding hydrogens is 482 g/mol. The van der Waals surface area contributed by atoms with Gasteiger partial charge in [0.05, 0.1) is 36.5 Å². The van der Waals surface area contributed by atoms with E-state index in [4.69, 9.17) is 15.2 Å². The quantitative estimate of drug-likeness (QED) is 0.301. The first-order valence-electron chi connectivity index (χ1n) is 13.5. The van der Waals surface area contributed by atoms with Crippen molar-refractivity contribution in [2.24, 2.45) is 5.73 Å². The van der Waals surface area contributed by atoms with E-state index in [1.807, 2.05) is 47.4 Å². The number of carbonyl (C=O) groups excluding carboxylic acids is 1. The van der Waals surface area contributed by atoms with Gasteiger partial charge in [-0.15, -0.1) is 0 Å². The van der Waals surface area contributed by atoms with Crippen molar-refractivity contribution in [1.82, 2.24) is 14.9 Å². The Morgan fingerprint density at radius 2 is 1.95 bits per heavy atom. The summed E-state index contributed by atoms with van der Waals surface area (Å²) in [6.45, 7) is 1.70. The largest absolute Gasteiger partial charge is 0.494 e. The molecule has 3 heterocycles. The van der Waals surface area contributed by atoms with Crippen molar-refractivity contribution in [3.05, 3.63) is 71.7 Å². The second-order valence-corrected chi connectivity index (χ2v) is 9.88. The van der Waals surface area contributed by atoms with Gasteiger partial charge >= 0.3 is 0 Å². The Labute approximate surface area is 223 Å². The molecule has 0 bridgehead atoms. The van der Waals surface area contributed by atoms with Crippen molar-refractivity contribution in [1.29, 1.82) is 0 Å². The molecule has 3 atom stereocenters. The lowest BCUT2D eigenvalue weighted by Crippen LogP contribution is -2.51. The van der Waals surface area contributed by atoms with E-state index in [2.05, 4.69) is 15.3 Å². The number of aromatic hydroxyl groups is 1. The maximum Gasteiger partial charge on any atom is 0.224 e. The summed E-state index contributed by atoms with van der Waals surface area (Å²) in [5.74, 6) is 0.755. The van der Waals surface area contributed by atoms with Crippen LogP contribution >= 0.6 is 0 Å². The van der Waals surface area contributed by atoms with E-state index in [0.717, 1.165) is 42.6 Å². The lowest BCUT2D eigenvalue weighted by Gasteiger charge is -2.42.